The number of anilines is 1. The second-order valence-electron chi connectivity index (χ2n) is 6.52. The summed E-state index contributed by atoms with van der Waals surface area (Å²) in [6.45, 7) is 2.87. The van der Waals surface area contributed by atoms with Gasteiger partial charge in [0.05, 0.1) is 13.2 Å². The summed E-state index contributed by atoms with van der Waals surface area (Å²) in [4.78, 5) is 25.3. The summed E-state index contributed by atoms with van der Waals surface area (Å²) < 4.78 is 16.4. The minimum Gasteiger partial charge on any atom is -0.486 e. The number of urea groups is 1. The normalized spacial score (nSPS) is 15.0. The quantitative estimate of drug-likeness (QED) is 0.597. The van der Waals surface area contributed by atoms with Crippen LogP contribution >= 0.6 is 0 Å². The third kappa shape index (κ3) is 5.75. The number of benzene rings is 2. The summed E-state index contributed by atoms with van der Waals surface area (Å²) in [5.74, 6) is 1.01. The van der Waals surface area contributed by atoms with E-state index < -0.39 is 0 Å². The Morgan fingerprint density at radius 1 is 1.17 bits per heavy atom. The van der Waals surface area contributed by atoms with Gasteiger partial charge in [-0.25, -0.2) is 9.59 Å². The van der Waals surface area contributed by atoms with Gasteiger partial charge in [-0.05, 0) is 42.8 Å². The number of rotatable bonds is 6. The summed E-state index contributed by atoms with van der Waals surface area (Å²) in [6.07, 6.45) is 2.79. The molecule has 0 saturated heterocycles. The van der Waals surface area contributed by atoms with E-state index in [0.29, 0.717) is 36.9 Å². The monoisotopic (exact) mass is 396 g/mol. The van der Waals surface area contributed by atoms with E-state index in [9.17, 15) is 9.59 Å². The Hall–Kier alpha value is -3.48. The molecule has 1 heterocycles. The van der Waals surface area contributed by atoms with Crippen LogP contribution in [0.3, 0.4) is 0 Å². The molecule has 0 fully saturated rings. The lowest BCUT2D eigenvalue weighted by molar-refractivity contribution is -0.137. The third-order valence-electron chi connectivity index (χ3n) is 4.25. The highest BCUT2D eigenvalue weighted by Gasteiger charge is 2.23. The first kappa shape index (κ1) is 20.3. The first-order valence-corrected chi connectivity index (χ1v) is 9.40. The molecule has 2 aromatic carbocycles. The maximum Gasteiger partial charge on any atom is 0.330 e. The van der Waals surface area contributed by atoms with E-state index in [4.69, 9.17) is 14.2 Å². The molecule has 1 N–H and O–H groups in total. The van der Waals surface area contributed by atoms with Crippen LogP contribution in [0.1, 0.15) is 12.5 Å². The van der Waals surface area contributed by atoms with Gasteiger partial charge in [0.25, 0.3) is 0 Å². The molecular formula is C22H24N2O5. The molecule has 1 atom stereocenters. The minimum atomic E-state index is -0.386. The Balaban J connectivity index is 1.50. The molecule has 0 radical (unpaired) electrons. The van der Waals surface area contributed by atoms with E-state index >= 15 is 0 Å². The molecule has 2 amide bonds. The number of hydrogen-bond donors (Lipinski definition) is 1. The van der Waals surface area contributed by atoms with Crippen LogP contribution in [0.25, 0.3) is 6.08 Å². The molecule has 0 unspecified atom stereocenters. The molecule has 0 saturated carbocycles. The molecular weight excluding hydrogens is 372 g/mol. The largest absolute Gasteiger partial charge is 0.486 e. The van der Waals surface area contributed by atoms with Crippen LogP contribution in [0.4, 0.5) is 10.5 Å². The fourth-order valence-corrected chi connectivity index (χ4v) is 2.79. The van der Waals surface area contributed by atoms with Crippen molar-refractivity contribution in [1.82, 2.24) is 4.90 Å². The van der Waals surface area contributed by atoms with Gasteiger partial charge in [0.2, 0.25) is 0 Å². The predicted molar refractivity (Wildman–Crippen MR) is 110 cm³/mol. The van der Waals surface area contributed by atoms with E-state index in [1.807, 2.05) is 24.3 Å². The van der Waals surface area contributed by atoms with E-state index in [2.05, 4.69) is 5.32 Å². The van der Waals surface area contributed by atoms with Gasteiger partial charge in [0.1, 0.15) is 6.61 Å². The van der Waals surface area contributed by atoms with Crippen LogP contribution in [0.5, 0.6) is 11.5 Å². The number of para-hydroxylation sites is 2. The second-order valence-corrected chi connectivity index (χ2v) is 6.52. The molecule has 29 heavy (non-hydrogen) atoms. The average molecular weight is 396 g/mol. The number of fused-ring (bicyclic) bond motifs is 1. The lowest BCUT2D eigenvalue weighted by Gasteiger charge is -2.29. The third-order valence-corrected chi connectivity index (χ3v) is 4.25. The molecule has 0 aromatic heterocycles. The van der Waals surface area contributed by atoms with Gasteiger partial charge in [-0.3, -0.25) is 0 Å². The van der Waals surface area contributed by atoms with Crippen molar-refractivity contribution in [3.63, 3.8) is 0 Å². The van der Waals surface area contributed by atoms with Gasteiger partial charge in [-0.2, -0.15) is 0 Å². The molecule has 7 nitrogen and oxygen atoms in total. The van der Waals surface area contributed by atoms with Crippen molar-refractivity contribution < 1.29 is 23.8 Å². The molecule has 152 valence electrons. The predicted octanol–water partition coefficient (Wildman–Crippen LogP) is 3.57. The van der Waals surface area contributed by atoms with E-state index in [0.717, 1.165) is 5.56 Å². The van der Waals surface area contributed by atoms with Gasteiger partial charge in [0, 0.05) is 18.8 Å². The van der Waals surface area contributed by atoms with Crippen LogP contribution in [0.15, 0.2) is 54.6 Å². The fourth-order valence-electron chi connectivity index (χ4n) is 2.79. The summed E-state index contributed by atoms with van der Waals surface area (Å²) in [5, 5.41) is 2.84. The fraction of sp³-hybridized carbons (Fsp3) is 0.273. The zero-order valence-corrected chi connectivity index (χ0v) is 16.5. The van der Waals surface area contributed by atoms with Crippen molar-refractivity contribution >= 4 is 23.8 Å². The summed E-state index contributed by atoms with van der Waals surface area (Å²) >= 11 is 0. The number of nitrogens with one attached hydrogen (secondary N) is 1. The smallest absolute Gasteiger partial charge is 0.330 e. The number of esters is 1. The molecule has 3 rings (SSSR count). The summed E-state index contributed by atoms with van der Waals surface area (Å²) in [5.41, 5.74) is 1.48. The van der Waals surface area contributed by atoms with E-state index in [1.165, 1.54) is 6.08 Å². The van der Waals surface area contributed by atoms with Crippen molar-refractivity contribution in [3.05, 3.63) is 60.2 Å². The molecule has 2 aromatic rings. The zero-order chi connectivity index (χ0) is 20.6. The average Bonchev–Trinajstić information content (AvgIpc) is 2.73. The van der Waals surface area contributed by atoms with Crippen LogP contribution < -0.4 is 14.8 Å². The first-order chi connectivity index (χ1) is 14.0. The SMILES string of the molecule is CCOC(=O)/C=C\c1ccc(NC(=O)N(C)C[C@H]2COc3ccccc3O2)cc1. The van der Waals surface area contributed by atoms with Crippen LogP contribution in [0.2, 0.25) is 0 Å². The van der Waals surface area contributed by atoms with Gasteiger partial charge >= 0.3 is 12.0 Å². The Morgan fingerprint density at radius 2 is 1.90 bits per heavy atom. The zero-order valence-electron chi connectivity index (χ0n) is 16.5. The van der Waals surface area contributed by atoms with Crippen molar-refractivity contribution in [2.75, 3.05) is 32.1 Å². The van der Waals surface area contributed by atoms with Gasteiger partial charge < -0.3 is 24.4 Å². The van der Waals surface area contributed by atoms with Crippen molar-refractivity contribution in [2.45, 2.75) is 13.0 Å². The van der Waals surface area contributed by atoms with Crippen molar-refractivity contribution in [1.29, 1.82) is 0 Å². The lowest BCUT2D eigenvalue weighted by atomic mass is 10.2. The van der Waals surface area contributed by atoms with E-state index in [-0.39, 0.29) is 18.1 Å². The maximum atomic E-state index is 12.4. The molecule has 1 aliphatic heterocycles. The number of hydrogen-bond acceptors (Lipinski definition) is 5. The number of carbonyl (C=O) groups excluding carboxylic acids is 2. The van der Waals surface area contributed by atoms with Crippen molar-refractivity contribution in [2.24, 2.45) is 0 Å². The Kier molecular flexibility index (Phi) is 6.73. The minimum absolute atomic E-state index is 0.240. The number of amides is 2. The van der Waals surface area contributed by atoms with Crippen LogP contribution in [-0.2, 0) is 9.53 Å². The first-order valence-electron chi connectivity index (χ1n) is 9.40. The lowest BCUT2D eigenvalue weighted by Crippen LogP contribution is -2.43. The molecule has 0 spiro atoms. The highest BCUT2D eigenvalue weighted by molar-refractivity contribution is 5.90. The highest BCUT2D eigenvalue weighted by Crippen LogP contribution is 2.30. The molecule has 7 heteroatoms. The maximum absolute atomic E-state index is 12.4. The van der Waals surface area contributed by atoms with E-state index in [1.54, 1.807) is 49.2 Å². The van der Waals surface area contributed by atoms with Crippen molar-refractivity contribution in [3.8, 4) is 11.5 Å². The van der Waals surface area contributed by atoms with Crippen LogP contribution in [0, 0.1) is 0 Å². The summed E-state index contributed by atoms with van der Waals surface area (Å²) in [7, 11) is 1.70. The molecule has 0 bridgehead atoms. The second kappa shape index (κ2) is 9.64. The van der Waals surface area contributed by atoms with Gasteiger partial charge in [-0.1, -0.05) is 24.3 Å². The van der Waals surface area contributed by atoms with Gasteiger partial charge in [0.15, 0.2) is 17.6 Å². The Bertz CT molecular complexity index is 879. The highest BCUT2D eigenvalue weighted by atomic mass is 16.6. The Labute approximate surface area is 169 Å². The number of carbonyl (C=O) groups is 2. The van der Waals surface area contributed by atoms with Gasteiger partial charge in [-0.15, -0.1) is 0 Å². The topological polar surface area (TPSA) is 77.1 Å². The van der Waals surface area contributed by atoms with Crippen LogP contribution in [-0.4, -0.2) is 49.8 Å². The molecule has 0 aliphatic carbocycles. The summed E-state index contributed by atoms with van der Waals surface area (Å²) in [6, 6.07) is 14.4. The number of likely N-dealkylation sites (N-methyl/N-ethyl adjacent to an activating group) is 1. The standard InChI is InChI=1S/C22H24N2O5/c1-3-27-21(25)13-10-16-8-11-17(12-9-16)23-22(26)24(2)14-18-15-28-19-6-4-5-7-20(19)29-18/h4-13,18H,3,14-15H2,1-2H3,(H,23,26)/b13-10-/t18-/m0/s1. The molecule has 1 aliphatic rings. The number of ether oxygens (including phenoxy) is 3. The Morgan fingerprint density at radius 3 is 2.62 bits per heavy atom. The number of nitrogens with zero attached hydrogens (tertiary/aromatic N) is 1.